The number of nitrogens with one attached hydrogen (secondary N) is 2. The first-order valence-electron chi connectivity index (χ1n) is 10.0. The molecule has 0 radical (unpaired) electrons. The molecule has 2 N–H and O–H groups in total. The number of urea groups is 2. The standard InChI is InChI=1S/C20H19ClN4O3.C2H6/c1-12-11-22-19(27)25(12)14-7-5-13(6-8-14)15-3-2-4-16(18(15)21)24-10-9-17(26)23-20(24)28;1-2/h2-8,12H,9-11H2,1H3,(H,22,27)(H,23,26,28);1-2H3. The summed E-state index contributed by atoms with van der Waals surface area (Å²) < 4.78 is 0. The van der Waals surface area contributed by atoms with Crippen molar-refractivity contribution in [3.05, 3.63) is 47.5 Å². The van der Waals surface area contributed by atoms with Gasteiger partial charge in [0.2, 0.25) is 5.91 Å². The number of anilines is 2. The molecule has 7 nitrogen and oxygen atoms in total. The summed E-state index contributed by atoms with van der Waals surface area (Å²) >= 11 is 6.61. The quantitative estimate of drug-likeness (QED) is 0.760. The summed E-state index contributed by atoms with van der Waals surface area (Å²) in [7, 11) is 0. The average Bonchev–Trinajstić information content (AvgIpc) is 3.08. The van der Waals surface area contributed by atoms with Crippen LogP contribution >= 0.6 is 11.6 Å². The van der Waals surface area contributed by atoms with Crippen molar-refractivity contribution in [2.75, 3.05) is 22.9 Å². The smallest absolute Gasteiger partial charge is 0.328 e. The lowest BCUT2D eigenvalue weighted by Gasteiger charge is -2.28. The number of benzene rings is 2. The average molecular weight is 429 g/mol. The van der Waals surface area contributed by atoms with Gasteiger partial charge in [0, 0.05) is 30.8 Å². The lowest BCUT2D eigenvalue weighted by atomic mass is 10.0. The van der Waals surface area contributed by atoms with Crippen LogP contribution < -0.4 is 20.4 Å². The number of carbonyl (C=O) groups excluding carboxylic acids is 3. The number of amides is 5. The van der Waals surface area contributed by atoms with E-state index < -0.39 is 6.03 Å². The minimum absolute atomic E-state index is 0.0885. The summed E-state index contributed by atoms with van der Waals surface area (Å²) in [6.45, 7) is 6.89. The van der Waals surface area contributed by atoms with Gasteiger partial charge in [0.1, 0.15) is 0 Å². The Hall–Kier alpha value is -3.06. The topological polar surface area (TPSA) is 81.8 Å². The van der Waals surface area contributed by atoms with Crippen LogP contribution in [-0.4, -0.2) is 37.1 Å². The molecule has 158 valence electrons. The molecule has 2 fully saturated rings. The van der Waals surface area contributed by atoms with Crippen molar-refractivity contribution in [3.63, 3.8) is 0 Å². The molecule has 2 aliphatic heterocycles. The molecule has 2 heterocycles. The number of hydrogen-bond donors (Lipinski definition) is 2. The van der Waals surface area contributed by atoms with Gasteiger partial charge in [0.05, 0.1) is 16.8 Å². The number of carbonyl (C=O) groups is 3. The Kier molecular flexibility index (Phi) is 6.62. The highest BCUT2D eigenvalue weighted by Crippen LogP contribution is 2.37. The highest BCUT2D eigenvalue weighted by Gasteiger charge is 2.29. The van der Waals surface area contributed by atoms with Crippen molar-refractivity contribution >= 4 is 40.9 Å². The van der Waals surface area contributed by atoms with Crippen LogP contribution in [0.1, 0.15) is 27.2 Å². The Balaban J connectivity index is 0.00000124. The van der Waals surface area contributed by atoms with Crippen LogP contribution in [0.15, 0.2) is 42.5 Å². The molecular weight excluding hydrogens is 404 g/mol. The van der Waals surface area contributed by atoms with E-state index in [1.54, 1.807) is 11.0 Å². The van der Waals surface area contributed by atoms with Crippen molar-refractivity contribution in [1.82, 2.24) is 10.6 Å². The fraction of sp³-hybridized carbons (Fsp3) is 0.318. The van der Waals surface area contributed by atoms with Gasteiger partial charge in [0.15, 0.2) is 0 Å². The number of nitrogens with zero attached hydrogens (tertiary/aromatic N) is 2. The van der Waals surface area contributed by atoms with Crippen LogP contribution in [0.25, 0.3) is 11.1 Å². The molecule has 2 aromatic rings. The molecule has 0 aromatic heterocycles. The third-order valence-electron chi connectivity index (χ3n) is 4.99. The zero-order chi connectivity index (χ0) is 21.8. The Morgan fingerprint density at radius 1 is 1.00 bits per heavy atom. The van der Waals surface area contributed by atoms with Crippen LogP contribution in [0.3, 0.4) is 0 Å². The van der Waals surface area contributed by atoms with Crippen molar-refractivity contribution in [1.29, 1.82) is 0 Å². The molecule has 2 aromatic carbocycles. The third kappa shape index (κ3) is 4.11. The zero-order valence-electron chi connectivity index (χ0n) is 17.2. The number of halogens is 1. The van der Waals surface area contributed by atoms with Gasteiger partial charge in [-0.15, -0.1) is 0 Å². The van der Waals surface area contributed by atoms with E-state index in [0.29, 0.717) is 17.3 Å². The lowest BCUT2D eigenvalue weighted by Crippen LogP contribution is -2.49. The minimum Gasteiger partial charge on any atom is -0.336 e. The van der Waals surface area contributed by atoms with E-state index in [9.17, 15) is 14.4 Å². The van der Waals surface area contributed by atoms with Gasteiger partial charge < -0.3 is 5.32 Å². The molecule has 0 saturated carbocycles. The first-order valence-corrected chi connectivity index (χ1v) is 10.4. The van der Waals surface area contributed by atoms with E-state index in [4.69, 9.17) is 11.6 Å². The summed E-state index contributed by atoms with van der Waals surface area (Å²) in [4.78, 5) is 38.7. The maximum absolute atomic E-state index is 12.2. The second-order valence-electron chi connectivity index (χ2n) is 6.85. The van der Waals surface area contributed by atoms with Crippen LogP contribution in [0.5, 0.6) is 0 Å². The Bertz CT molecular complexity index is 961. The van der Waals surface area contributed by atoms with Crippen molar-refractivity contribution in [3.8, 4) is 11.1 Å². The lowest BCUT2D eigenvalue weighted by molar-refractivity contribution is -0.120. The molecule has 0 bridgehead atoms. The van der Waals surface area contributed by atoms with Gasteiger partial charge in [-0.05, 0) is 30.7 Å². The molecule has 0 aliphatic carbocycles. The number of rotatable bonds is 3. The van der Waals surface area contributed by atoms with Gasteiger partial charge in [-0.1, -0.05) is 49.7 Å². The predicted molar refractivity (Wildman–Crippen MR) is 119 cm³/mol. The predicted octanol–water partition coefficient (Wildman–Crippen LogP) is 4.40. The molecule has 2 aliphatic rings. The summed E-state index contributed by atoms with van der Waals surface area (Å²) in [6, 6.07) is 12.5. The van der Waals surface area contributed by atoms with E-state index in [2.05, 4.69) is 10.6 Å². The maximum atomic E-state index is 12.2. The maximum Gasteiger partial charge on any atom is 0.328 e. The summed E-state index contributed by atoms with van der Waals surface area (Å²) in [5.41, 5.74) is 3.01. The highest BCUT2D eigenvalue weighted by molar-refractivity contribution is 6.36. The van der Waals surface area contributed by atoms with E-state index in [0.717, 1.165) is 16.8 Å². The summed E-state index contributed by atoms with van der Waals surface area (Å²) in [5, 5.41) is 5.57. The monoisotopic (exact) mass is 428 g/mol. The number of hydrogen-bond acceptors (Lipinski definition) is 3. The van der Waals surface area contributed by atoms with Crippen LogP contribution in [0, 0.1) is 0 Å². The SMILES string of the molecule is CC.CC1CNC(=O)N1c1ccc(-c2cccc(N3CCC(=O)NC3=O)c2Cl)cc1. The Labute approximate surface area is 181 Å². The molecule has 4 rings (SSSR count). The fourth-order valence-corrected chi connectivity index (χ4v) is 3.87. The van der Waals surface area contributed by atoms with Gasteiger partial charge in [-0.3, -0.25) is 19.9 Å². The first-order chi connectivity index (χ1) is 14.5. The Morgan fingerprint density at radius 2 is 1.70 bits per heavy atom. The van der Waals surface area contributed by atoms with E-state index in [1.807, 2.05) is 57.2 Å². The molecule has 0 spiro atoms. The van der Waals surface area contributed by atoms with Gasteiger partial charge in [-0.25, -0.2) is 9.59 Å². The summed E-state index contributed by atoms with van der Waals surface area (Å²) in [6.07, 6.45) is 0.233. The van der Waals surface area contributed by atoms with E-state index in [1.165, 1.54) is 4.90 Å². The largest absolute Gasteiger partial charge is 0.336 e. The van der Waals surface area contributed by atoms with E-state index in [-0.39, 0.29) is 30.9 Å². The van der Waals surface area contributed by atoms with Gasteiger partial charge >= 0.3 is 12.1 Å². The van der Waals surface area contributed by atoms with Gasteiger partial charge in [-0.2, -0.15) is 0 Å². The third-order valence-corrected chi connectivity index (χ3v) is 5.39. The summed E-state index contributed by atoms with van der Waals surface area (Å²) in [5.74, 6) is -0.288. The van der Waals surface area contributed by atoms with Crippen molar-refractivity contribution < 1.29 is 14.4 Å². The van der Waals surface area contributed by atoms with Crippen molar-refractivity contribution in [2.24, 2.45) is 0 Å². The van der Waals surface area contributed by atoms with E-state index >= 15 is 0 Å². The normalized spacial score (nSPS) is 18.5. The zero-order valence-corrected chi connectivity index (χ0v) is 18.0. The highest BCUT2D eigenvalue weighted by atomic mass is 35.5. The van der Waals surface area contributed by atoms with Crippen molar-refractivity contribution in [2.45, 2.75) is 33.2 Å². The molecule has 2 saturated heterocycles. The second kappa shape index (κ2) is 9.17. The fourth-order valence-electron chi connectivity index (χ4n) is 3.53. The molecular formula is C22H25ClN4O3. The number of imide groups is 1. The molecule has 8 heteroatoms. The Morgan fingerprint density at radius 3 is 2.30 bits per heavy atom. The van der Waals surface area contributed by atoms with Crippen LogP contribution in [-0.2, 0) is 4.79 Å². The molecule has 1 unspecified atom stereocenters. The molecule has 5 amide bonds. The van der Waals surface area contributed by atoms with Crippen LogP contribution in [0.2, 0.25) is 5.02 Å². The van der Waals surface area contributed by atoms with Gasteiger partial charge in [0.25, 0.3) is 0 Å². The first kappa shape index (κ1) is 21.6. The molecule has 30 heavy (non-hydrogen) atoms. The minimum atomic E-state index is -0.473. The second-order valence-corrected chi connectivity index (χ2v) is 7.22. The molecule has 1 atom stereocenters. The van der Waals surface area contributed by atoms with Crippen LogP contribution in [0.4, 0.5) is 21.0 Å².